The highest BCUT2D eigenvalue weighted by atomic mass is 32.2. The number of thiophene rings is 1. The Morgan fingerprint density at radius 1 is 1.18 bits per heavy atom. The van der Waals surface area contributed by atoms with Crippen LogP contribution in [0, 0.1) is 0 Å². The van der Waals surface area contributed by atoms with E-state index in [1.165, 1.54) is 15.6 Å². The van der Waals surface area contributed by atoms with Gasteiger partial charge in [-0.2, -0.15) is 4.31 Å². The number of nitrogens with zero attached hydrogens (tertiary/aromatic N) is 2. The summed E-state index contributed by atoms with van der Waals surface area (Å²) in [6, 6.07) is 10.3. The van der Waals surface area contributed by atoms with Crippen molar-refractivity contribution in [3.05, 3.63) is 52.9 Å². The quantitative estimate of drug-likeness (QED) is 0.710. The molecule has 0 bridgehead atoms. The fraction of sp³-hybridized carbons (Fsp3) is 0.450. The summed E-state index contributed by atoms with van der Waals surface area (Å²) in [5, 5.41) is 4.69. The number of likely N-dealkylation sites (N-methyl/N-ethyl adjacent to an activating group) is 1. The van der Waals surface area contributed by atoms with Crippen LogP contribution >= 0.6 is 11.3 Å². The van der Waals surface area contributed by atoms with Crippen molar-refractivity contribution >= 4 is 27.3 Å². The molecular formula is C20H27N3O3S2. The van der Waals surface area contributed by atoms with E-state index in [1.54, 1.807) is 17.5 Å². The molecule has 0 radical (unpaired) electrons. The summed E-state index contributed by atoms with van der Waals surface area (Å²) in [4.78, 5) is 15.2. The smallest absolute Gasteiger partial charge is 0.253 e. The van der Waals surface area contributed by atoms with Gasteiger partial charge >= 0.3 is 0 Å². The lowest BCUT2D eigenvalue weighted by Crippen LogP contribution is -2.53. The van der Waals surface area contributed by atoms with E-state index in [0.717, 1.165) is 30.8 Å². The molecule has 0 saturated carbocycles. The number of hydrogen-bond acceptors (Lipinski definition) is 5. The molecule has 0 saturated heterocycles. The zero-order chi connectivity index (χ0) is 20.1. The van der Waals surface area contributed by atoms with Gasteiger partial charge in [-0.1, -0.05) is 44.2 Å². The van der Waals surface area contributed by atoms with Crippen molar-refractivity contribution in [2.75, 3.05) is 26.2 Å². The highest BCUT2D eigenvalue weighted by Crippen LogP contribution is 2.30. The predicted octanol–water partition coefficient (Wildman–Crippen LogP) is 2.32. The summed E-state index contributed by atoms with van der Waals surface area (Å²) in [6.07, 6.45) is 0.387. The highest BCUT2D eigenvalue weighted by Gasteiger charge is 2.39. The second kappa shape index (κ2) is 9.17. The minimum Gasteiger partial charge on any atom is -0.353 e. The number of carbonyl (C=O) groups is 1. The Hall–Kier alpha value is -1.74. The summed E-state index contributed by atoms with van der Waals surface area (Å²) in [7, 11) is -3.73. The van der Waals surface area contributed by atoms with Crippen molar-refractivity contribution in [3.8, 4) is 0 Å². The van der Waals surface area contributed by atoms with E-state index in [9.17, 15) is 13.2 Å². The molecule has 6 nitrogen and oxygen atoms in total. The van der Waals surface area contributed by atoms with Gasteiger partial charge in [-0.15, -0.1) is 11.3 Å². The molecule has 0 fully saturated rings. The first-order chi connectivity index (χ1) is 13.5. The number of hydrogen-bond donors (Lipinski definition) is 1. The molecule has 0 spiro atoms. The van der Waals surface area contributed by atoms with Crippen molar-refractivity contribution in [1.29, 1.82) is 0 Å². The van der Waals surface area contributed by atoms with Crippen molar-refractivity contribution < 1.29 is 13.2 Å². The molecule has 1 aromatic heterocycles. The molecule has 0 aliphatic carbocycles. The third kappa shape index (κ3) is 4.46. The van der Waals surface area contributed by atoms with Crippen LogP contribution in [0.4, 0.5) is 0 Å². The van der Waals surface area contributed by atoms with E-state index in [4.69, 9.17) is 0 Å². The maximum absolute atomic E-state index is 13.2. The lowest BCUT2D eigenvalue weighted by atomic mass is 9.95. The van der Waals surface area contributed by atoms with Gasteiger partial charge in [-0.05, 0) is 42.1 Å². The van der Waals surface area contributed by atoms with Gasteiger partial charge in [0.2, 0.25) is 5.91 Å². The van der Waals surface area contributed by atoms with Gasteiger partial charge in [0.05, 0.1) is 0 Å². The zero-order valence-corrected chi connectivity index (χ0v) is 17.9. The molecule has 28 heavy (non-hydrogen) atoms. The summed E-state index contributed by atoms with van der Waals surface area (Å²) in [5.74, 6) is -0.234. The molecule has 1 aliphatic heterocycles. The van der Waals surface area contributed by atoms with Gasteiger partial charge in [0, 0.05) is 19.6 Å². The molecule has 1 atom stereocenters. The van der Waals surface area contributed by atoms with E-state index >= 15 is 0 Å². The number of carbonyl (C=O) groups excluding carboxylic acids is 1. The number of rotatable bonds is 8. The van der Waals surface area contributed by atoms with Gasteiger partial charge in [0.25, 0.3) is 10.0 Å². The Bertz CT molecular complexity index is 893. The Kier molecular flexibility index (Phi) is 6.87. The third-order valence-electron chi connectivity index (χ3n) is 5.19. The molecule has 8 heteroatoms. The van der Waals surface area contributed by atoms with E-state index < -0.39 is 16.1 Å². The predicted molar refractivity (Wildman–Crippen MR) is 112 cm³/mol. The number of benzene rings is 1. The Morgan fingerprint density at radius 2 is 1.89 bits per heavy atom. The lowest BCUT2D eigenvalue weighted by molar-refractivity contribution is -0.125. The van der Waals surface area contributed by atoms with Crippen LogP contribution in [-0.2, 0) is 27.8 Å². The third-order valence-corrected chi connectivity index (χ3v) is 8.42. The van der Waals surface area contributed by atoms with Crippen molar-refractivity contribution in [1.82, 2.24) is 14.5 Å². The number of amides is 1. The summed E-state index contributed by atoms with van der Waals surface area (Å²) >= 11 is 1.18. The van der Waals surface area contributed by atoms with Gasteiger partial charge in [-0.3, -0.25) is 4.79 Å². The fourth-order valence-corrected chi connectivity index (χ4v) is 6.18. The summed E-state index contributed by atoms with van der Waals surface area (Å²) < 4.78 is 28.0. The maximum Gasteiger partial charge on any atom is 0.253 e. The number of nitrogens with one attached hydrogen (secondary N) is 1. The summed E-state index contributed by atoms with van der Waals surface area (Å²) in [5.41, 5.74) is 1.99. The molecule has 3 rings (SSSR count). The Balaban J connectivity index is 1.82. The Morgan fingerprint density at radius 3 is 2.54 bits per heavy atom. The van der Waals surface area contributed by atoms with Crippen LogP contribution < -0.4 is 5.32 Å². The average Bonchev–Trinajstić information content (AvgIpc) is 3.26. The molecule has 1 aromatic carbocycles. The highest BCUT2D eigenvalue weighted by molar-refractivity contribution is 7.91. The van der Waals surface area contributed by atoms with E-state index in [2.05, 4.69) is 24.1 Å². The fourth-order valence-electron chi connectivity index (χ4n) is 3.50. The van der Waals surface area contributed by atoms with Crippen LogP contribution in [0.5, 0.6) is 0 Å². The lowest BCUT2D eigenvalue weighted by Gasteiger charge is -2.34. The van der Waals surface area contributed by atoms with Crippen LogP contribution in [0.15, 0.2) is 46.0 Å². The second-order valence-corrected chi connectivity index (χ2v) is 9.85. The van der Waals surface area contributed by atoms with Gasteiger partial charge in [0.15, 0.2) is 0 Å². The van der Waals surface area contributed by atoms with Gasteiger partial charge < -0.3 is 10.2 Å². The SMILES string of the molecule is CCN(CC)CCNC(=O)C1Cc2ccccc2CN1S(=O)(=O)c1cccs1. The average molecular weight is 422 g/mol. The van der Waals surface area contributed by atoms with Crippen LogP contribution in [0.1, 0.15) is 25.0 Å². The van der Waals surface area contributed by atoms with E-state index in [-0.39, 0.29) is 16.7 Å². The minimum atomic E-state index is -3.73. The monoisotopic (exact) mass is 421 g/mol. The van der Waals surface area contributed by atoms with Crippen molar-refractivity contribution in [2.24, 2.45) is 0 Å². The molecular weight excluding hydrogens is 394 g/mol. The van der Waals surface area contributed by atoms with E-state index in [1.807, 2.05) is 24.3 Å². The zero-order valence-electron chi connectivity index (χ0n) is 16.3. The molecule has 152 valence electrons. The van der Waals surface area contributed by atoms with Crippen LogP contribution in [0.25, 0.3) is 0 Å². The molecule has 1 aliphatic rings. The topological polar surface area (TPSA) is 69.7 Å². The van der Waals surface area contributed by atoms with Crippen molar-refractivity contribution in [2.45, 2.75) is 37.1 Å². The number of sulfonamides is 1. The minimum absolute atomic E-state index is 0.213. The van der Waals surface area contributed by atoms with Crippen molar-refractivity contribution in [3.63, 3.8) is 0 Å². The van der Waals surface area contributed by atoms with E-state index in [0.29, 0.717) is 13.0 Å². The second-order valence-electron chi connectivity index (χ2n) is 6.79. The summed E-state index contributed by atoms with van der Waals surface area (Å²) in [6.45, 7) is 7.47. The van der Waals surface area contributed by atoms with Gasteiger partial charge in [-0.25, -0.2) is 8.42 Å². The first-order valence-corrected chi connectivity index (χ1v) is 11.9. The van der Waals surface area contributed by atoms with Crippen LogP contribution in [-0.4, -0.2) is 55.8 Å². The first kappa shape index (κ1) is 21.0. The Labute approximate surface area is 171 Å². The van der Waals surface area contributed by atoms with Crippen LogP contribution in [0.3, 0.4) is 0 Å². The number of fused-ring (bicyclic) bond motifs is 1. The first-order valence-electron chi connectivity index (χ1n) is 9.59. The standard InChI is InChI=1S/C20H27N3O3S2/c1-3-22(4-2)12-11-21-20(24)18-14-16-8-5-6-9-17(16)15-23(18)28(25,26)19-10-7-13-27-19/h5-10,13,18H,3-4,11-12,14-15H2,1-2H3,(H,21,24). The molecule has 2 heterocycles. The van der Waals surface area contributed by atoms with Gasteiger partial charge in [0.1, 0.15) is 10.3 Å². The molecule has 1 N–H and O–H groups in total. The van der Waals surface area contributed by atoms with Crippen LogP contribution in [0.2, 0.25) is 0 Å². The molecule has 1 amide bonds. The maximum atomic E-state index is 13.2. The molecule has 1 unspecified atom stereocenters. The largest absolute Gasteiger partial charge is 0.353 e. The molecule has 2 aromatic rings. The normalized spacial score (nSPS) is 17.5.